The van der Waals surface area contributed by atoms with E-state index in [1.807, 2.05) is 6.92 Å². The smallest absolute Gasteiger partial charge is 0.260 e. The van der Waals surface area contributed by atoms with Gasteiger partial charge in [-0.2, -0.15) is 5.10 Å². The third kappa shape index (κ3) is 3.63. The van der Waals surface area contributed by atoms with Crippen LogP contribution in [-0.4, -0.2) is 35.6 Å². The maximum atomic E-state index is 12.3. The van der Waals surface area contributed by atoms with Gasteiger partial charge in [-0.3, -0.25) is 15.1 Å². The highest BCUT2D eigenvalue weighted by molar-refractivity contribution is 7.89. The first kappa shape index (κ1) is 15.5. The summed E-state index contributed by atoms with van der Waals surface area (Å²) in [5, 5.41) is 9.52. The van der Waals surface area contributed by atoms with E-state index < -0.39 is 10.0 Å². The molecule has 114 valence electrons. The number of H-pyrrole nitrogens is 1. The Morgan fingerprint density at radius 1 is 1.19 bits per heavy atom. The van der Waals surface area contributed by atoms with Crippen LogP contribution in [0.5, 0.6) is 0 Å². The molecular formula is C12H18N6O2S. The Bertz CT molecular complexity index is 708. The average Bonchev–Trinajstić information content (AvgIpc) is 2.81. The van der Waals surface area contributed by atoms with E-state index in [-0.39, 0.29) is 11.6 Å². The topological polar surface area (TPSA) is 113 Å². The minimum atomic E-state index is -3.70. The predicted molar refractivity (Wildman–Crippen MR) is 76.9 cm³/mol. The molecule has 0 radical (unpaired) electrons. The van der Waals surface area contributed by atoms with Crippen LogP contribution in [0.3, 0.4) is 0 Å². The van der Waals surface area contributed by atoms with Crippen LogP contribution in [0.1, 0.15) is 22.6 Å². The van der Waals surface area contributed by atoms with Gasteiger partial charge in [0.1, 0.15) is 0 Å². The third-order valence-corrected chi connectivity index (χ3v) is 4.29. The van der Waals surface area contributed by atoms with E-state index in [9.17, 15) is 8.42 Å². The molecule has 0 atom stereocenters. The molecule has 9 heteroatoms. The number of aryl methyl sites for hydroxylation is 2. The van der Waals surface area contributed by atoms with Crippen molar-refractivity contribution in [1.29, 1.82) is 0 Å². The quantitative estimate of drug-likeness (QED) is 0.693. The number of hydrogen-bond acceptors (Lipinski definition) is 6. The van der Waals surface area contributed by atoms with Gasteiger partial charge in [-0.05, 0) is 20.9 Å². The summed E-state index contributed by atoms with van der Waals surface area (Å²) in [7, 11) is -1.95. The van der Waals surface area contributed by atoms with Crippen molar-refractivity contribution in [3.8, 4) is 0 Å². The molecule has 2 heterocycles. The molecule has 0 spiro atoms. The molecule has 2 aromatic rings. The molecule has 2 aromatic heterocycles. The van der Waals surface area contributed by atoms with Crippen molar-refractivity contribution in [2.75, 3.05) is 7.05 Å². The molecule has 3 N–H and O–H groups in total. The summed E-state index contributed by atoms with van der Waals surface area (Å²) >= 11 is 0. The maximum Gasteiger partial charge on any atom is 0.260 e. The van der Waals surface area contributed by atoms with Crippen LogP contribution in [0.4, 0.5) is 0 Å². The van der Waals surface area contributed by atoms with Crippen molar-refractivity contribution in [1.82, 2.24) is 30.2 Å². The summed E-state index contributed by atoms with van der Waals surface area (Å²) in [6, 6.07) is 0. The molecule has 0 amide bonds. The molecule has 0 aliphatic carbocycles. The van der Waals surface area contributed by atoms with E-state index >= 15 is 0 Å². The lowest BCUT2D eigenvalue weighted by molar-refractivity contribution is 0.573. The first-order valence-electron chi connectivity index (χ1n) is 6.39. The molecule has 2 rings (SSSR count). The molecule has 8 nitrogen and oxygen atoms in total. The van der Waals surface area contributed by atoms with Gasteiger partial charge in [0, 0.05) is 24.0 Å². The molecular weight excluding hydrogens is 292 g/mol. The van der Waals surface area contributed by atoms with Crippen molar-refractivity contribution in [3.05, 3.63) is 35.0 Å². The second-order valence-corrected chi connectivity index (χ2v) is 6.32. The fraction of sp³-hybridized carbons (Fsp3) is 0.417. The Morgan fingerprint density at radius 3 is 2.57 bits per heavy atom. The zero-order valence-corrected chi connectivity index (χ0v) is 13.0. The van der Waals surface area contributed by atoms with Crippen LogP contribution >= 0.6 is 0 Å². The lowest BCUT2D eigenvalue weighted by Crippen LogP contribution is -2.26. The minimum absolute atomic E-state index is 0.00872. The van der Waals surface area contributed by atoms with Gasteiger partial charge in [0.25, 0.3) is 10.0 Å². The summed E-state index contributed by atoms with van der Waals surface area (Å²) < 4.78 is 27.1. The van der Waals surface area contributed by atoms with Gasteiger partial charge in [-0.1, -0.05) is 0 Å². The van der Waals surface area contributed by atoms with Crippen molar-refractivity contribution in [3.63, 3.8) is 0 Å². The monoisotopic (exact) mass is 310 g/mol. The molecule has 0 bridgehead atoms. The van der Waals surface area contributed by atoms with Crippen LogP contribution in [-0.2, 0) is 23.1 Å². The van der Waals surface area contributed by atoms with Crippen LogP contribution in [0, 0.1) is 13.8 Å². The molecule has 0 unspecified atom stereocenters. The van der Waals surface area contributed by atoms with Gasteiger partial charge in [0.15, 0.2) is 5.03 Å². The summed E-state index contributed by atoms with van der Waals surface area (Å²) in [4.78, 5) is 8.18. The fourth-order valence-electron chi connectivity index (χ4n) is 1.79. The van der Waals surface area contributed by atoms with Crippen molar-refractivity contribution < 1.29 is 8.42 Å². The van der Waals surface area contributed by atoms with Crippen LogP contribution in [0.25, 0.3) is 0 Å². The minimum Gasteiger partial charge on any atom is -0.316 e. The Labute approximate surface area is 123 Å². The number of aromatic amines is 1. The van der Waals surface area contributed by atoms with E-state index in [0.29, 0.717) is 17.8 Å². The molecule has 0 saturated heterocycles. The van der Waals surface area contributed by atoms with Gasteiger partial charge < -0.3 is 5.32 Å². The molecule has 0 fully saturated rings. The Balaban J connectivity index is 2.17. The van der Waals surface area contributed by atoms with Crippen LogP contribution in [0.15, 0.2) is 17.4 Å². The van der Waals surface area contributed by atoms with Gasteiger partial charge in [0.05, 0.1) is 24.1 Å². The fourth-order valence-corrected chi connectivity index (χ4v) is 2.98. The zero-order valence-electron chi connectivity index (χ0n) is 12.1. The van der Waals surface area contributed by atoms with Crippen LogP contribution in [0.2, 0.25) is 0 Å². The summed E-state index contributed by atoms with van der Waals surface area (Å²) in [5.74, 6) is 0. The highest BCUT2D eigenvalue weighted by Gasteiger charge is 2.23. The van der Waals surface area contributed by atoms with Crippen molar-refractivity contribution >= 4 is 10.0 Å². The first-order chi connectivity index (χ1) is 9.94. The Kier molecular flexibility index (Phi) is 4.66. The standard InChI is InChI=1S/C12H18N6O2S/c1-8-4-15-10(5-14-8)6-16-21(19,20)12-11(7-13-3)9(2)17-18-12/h4-5,13,16H,6-7H2,1-3H3,(H,17,18). The number of aromatic nitrogens is 4. The largest absolute Gasteiger partial charge is 0.316 e. The van der Waals surface area contributed by atoms with Crippen LogP contribution < -0.4 is 10.0 Å². The predicted octanol–water partition coefficient (Wildman–Crippen LogP) is 0.0144. The maximum absolute atomic E-state index is 12.3. The number of hydrogen-bond donors (Lipinski definition) is 3. The summed E-state index contributed by atoms with van der Waals surface area (Å²) in [6.45, 7) is 4.09. The Morgan fingerprint density at radius 2 is 1.95 bits per heavy atom. The summed E-state index contributed by atoms with van der Waals surface area (Å²) in [5.41, 5.74) is 2.67. The molecule has 0 aromatic carbocycles. The van der Waals surface area contributed by atoms with E-state index in [2.05, 4.69) is 30.2 Å². The van der Waals surface area contributed by atoms with Gasteiger partial charge >= 0.3 is 0 Å². The highest BCUT2D eigenvalue weighted by atomic mass is 32.2. The third-order valence-electron chi connectivity index (χ3n) is 2.92. The first-order valence-corrected chi connectivity index (χ1v) is 7.88. The normalized spacial score (nSPS) is 11.8. The summed E-state index contributed by atoms with van der Waals surface area (Å²) in [6.07, 6.45) is 3.14. The lowest BCUT2D eigenvalue weighted by atomic mass is 10.3. The number of rotatable bonds is 6. The van der Waals surface area contributed by atoms with Gasteiger partial charge in [-0.15, -0.1) is 0 Å². The van der Waals surface area contributed by atoms with E-state index in [1.54, 1.807) is 26.4 Å². The average molecular weight is 310 g/mol. The lowest BCUT2D eigenvalue weighted by Gasteiger charge is -2.06. The Hall–Kier alpha value is -1.84. The van der Waals surface area contributed by atoms with E-state index in [1.165, 1.54) is 0 Å². The highest BCUT2D eigenvalue weighted by Crippen LogP contribution is 2.16. The molecule has 0 aliphatic rings. The zero-order chi connectivity index (χ0) is 15.5. The number of nitrogens with one attached hydrogen (secondary N) is 3. The SMILES string of the molecule is CNCc1c(S(=O)(=O)NCc2cnc(C)cn2)n[nH]c1C. The molecule has 0 aliphatic heterocycles. The number of nitrogens with zero attached hydrogens (tertiary/aromatic N) is 3. The van der Waals surface area contributed by atoms with E-state index in [0.717, 1.165) is 11.4 Å². The van der Waals surface area contributed by atoms with Crippen molar-refractivity contribution in [2.45, 2.75) is 32.0 Å². The second-order valence-electron chi connectivity index (χ2n) is 4.64. The molecule has 0 saturated carbocycles. The molecule has 21 heavy (non-hydrogen) atoms. The van der Waals surface area contributed by atoms with Gasteiger partial charge in [-0.25, -0.2) is 13.1 Å². The van der Waals surface area contributed by atoms with Crippen molar-refractivity contribution in [2.24, 2.45) is 0 Å². The number of sulfonamides is 1. The van der Waals surface area contributed by atoms with Gasteiger partial charge in [0.2, 0.25) is 0 Å². The second kappa shape index (κ2) is 6.29. The van der Waals surface area contributed by atoms with E-state index in [4.69, 9.17) is 0 Å².